The van der Waals surface area contributed by atoms with Crippen molar-refractivity contribution in [1.29, 1.82) is 0 Å². The Bertz CT molecular complexity index is 395. The van der Waals surface area contributed by atoms with Crippen LogP contribution in [0, 0.1) is 0 Å². The van der Waals surface area contributed by atoms with E-state index < -0.39 is 6.10 Å². The van der Waals surface area contributed by atoms with Crippen LogP contribution in [0.4, 0.5) is 5.69 Å². The molecule has 1 aromatic carbocycles. The Labute approximate surface area is 91.9 Å². The van der Waals surface area contributed by atoms with Crippen molar-refractivity contribution < 1.29 is 9.90 Å². The van der Waals surface area contributed by atoms with E-state index in [1.807, 2.05) is 6.07 Å². The van der Waals surface area contributed by atoms with E-state index in [1.54, 1.807) is 12.1 Å². The second kappa shape index (κ2) is 4.22. The van der Waals surface area contributed by atoms with Crippen LogP contribution in [0.1, 0.15) is 11.7 Å². The normalized spacial score (nSPS) is 16.8. The van der Waals surface area contributed by atoms with E-state index in [9.17, 15) is 9.90 Å². The zero-order valence-electron chi connectivity index (χ0n) is 8.06. The zero-order chi connectivity index (χ0) is 10.8. The van der Waals surface area contributed by atoms with Gasteiger partial charge in [-0.1, -0.05) is 6.07 Å². The summed E-state index contributed by atoms with van der Waals surface area (Å²) in [4.78, 5) is 12.1. The second-order valence-electron chi connectivity index (χ2n) is 3.34. The summed E-state index contributed by atoms with van der Waals surface area (Å²) in [6.07, 6.45) is -0.631. The zero-order valence-corrected chi connectivity index (χ0v) is 8.88. The Kier molecular flexibility index (Phi) is 2.95. The predicted molar refractivity (Wildman–Crippen MR) is 59.8 cm³/mol. The summed E-state index contributed by atoms with van der Waals surface area (Å²) in [6.45, 7) is 0.204. The van der Waals surface area contributed by atoms with Gasteiger partial charge in [0.25, 0.3) is 0 Å². The number of carbonyl (C=O) groups excluding carboxylic acids is 1. The molecule has 2 rings (SSSR count). The lowest BCUT2D eigenvalue weighted by Crippen LogP contribution is -2.19. The average molecular weight is 224 g/mol. The summed E-state index contributed by atoms with van der Waals surface area (Å²) in [6, 6.07) is 5.45. The van der Waals surface area contributed by atoms with Crippen molar-refractivity contribution in [2.75, 3.05) is 17.6 Å². The number of aliphatic hydroxyl groups excluding tert-OH is 1. The van der Waals surface area contributed by atoms with Gasteiger partial charge in [0.05, 0.1) is 17.5 Å². The maximum absolute atomic E-state index is 11.1. The number of carbonyl (C=O) groups is 1. The van der Waals surface area contributed by atoms with Crippen molar-refractivity contribution >= 4 is 23.4 Å². The molecule has 1 aromatic rings. The summed E-state index contributed by atoms with van der Waals surface area (Å²) in [5.41, 5.74) is 6.98. The second-order valence-corrected chi connectivity index (χ2v) is 4.36. The Balaban J connectivity index is 2.30. The molecule has 4 nitrogen and oxygen atoms in total. The molecular weight excluding hydrogens is 212 g/mol. The van der Waals surface area contributed by atoms with E-state index in [0.29, 0.717) is 5.75 Å². The lowest BCUT2D eigenvalue weighted by atomic mass is 10.1. The minimum Gasteiger partial charge on any atom is -0.387 e. The minimum atomic E-state index is -0.631. The Morgan fingerprint density at radius 3 is 3.13 bits per heavy atom. The van der Waals surface area contributed by atoms with E-state index in [2.05, 4.69) is 5.32 Å². The average Bonchev–Trinajstić information content (AvgIpc) is 2.27. The summed E-state index contributed by atoms with van der Waals surface area (Å²) in [7, 11) is 0. The number of anilines is 1. The molecule has 1 amide bonds. The molecule has 4 N–H and O–H groups in total. The number of nitrogens with one attached hydrogen (secondary N) is 1. The van der Waals surface area contributed by atoms with Gasteiger partial charge in [-0.15, -0.1) is 11.8 Å². The predicted octanol–water partition coefficient (Wildman–Crippen LogP) is 0.723. The lowest BCUT2D eigenvalue weighted by Gasteiger charge is -2.18. The van der Waals surface area contributed by atoms with Gasteiger partial charge in [-0.3, -0.25) is 4.79 Å². The number of aliphatic hydroxyl groups is 1. The Hall–Kier alpha value is -1.04. The highest BCUT2D eigenvalue weighted by Gasteiger charge is 2.16. The number of fused-ring (bicyclic) bond motifs is 1. The van der Waals surface area contributed by atoms with E-state index in [0.717, 1.165) is 16.1 Å². The molecule has 1 aliphatic rings. The number of rotatable bonds is 2. The van der Waals surface area contributed by atoms with Crippen LogP contribution in [-0.2, 0) is 4.79 Å². The van der Waals surface area contributed by atoms with Crippen LogP contribution >= 0.6 is 11.8 Å². The molecule has 1 unspecified atom stereocenters. The molecule has 0 bridgehead atoms. The monoisotopic (exact) mass is 224 g/mol. The molecule has 1 aliphatic heterocycles. The smallest absolute Gasteiger partial charge is 0.234 e. The van der Waals surface area contributed by atoms with Crippen LogP contribution in [0.3, 0.4) is 0 Å². The molecule has 0 saturated heterocycles. The summed E-state index contributed by atoms with van der Waals surface area (Å²) < 4.78 is 0. The van der Waals surface area contributed by atoms with Gasteiger partial charge in [0.15, 0.2) is 0 Å². The number of benzene rings is 1. The molecule has 0 aromatic heterocycles. The van der Waals surface area contributed by atoms with Crippen LogP contribution in [0.5, 0.6) is 0 Å². The molecule has 0 spiro atoms. The van der Waals surface area contributed by atoms with E-state index in [-0.39, 0.29) is 12.5 Å². The van der Waals surface area contributed by atoms with Crippen molar-refractivity contribution in [3.8, 4) is 0 Å². The fourth-order valence-electron chi connectivity index (χ4n) is 1.43. The number of nitrogens with two attached hydrogens (primary N) is 1. The van der Waals surface area contributed by atoms with E-state index >= 15 is 0 Å². The fraction of sp³-hybridized carbons (Fsp3) is 0.300. The minimum absolute atomic E-state index is 0.0135. The molecule has 0 aliphatic carbocycles. The molecular formula is C10H12N2O2S. The maximum atomic E-state index is 11.1. The van der Waals surface area contributed by atoms with Crippen LogP contribution < -0.4 is 11.1 Å². The van der Waals surface area contributed by atoms with Gasteiger partial charge >= 0.3 is 0 Å². The molecule has 15 heavy (non-hydrogen) atoms. The SMILES string of the molecule is NCC(O)c1ccc2c(c1)SCC(=O)N2. The molecule has 0 saturated carbocycles. The van der Waals surface area contributed by atoms with Gasteiger partial charge in [-0.25, -0.2) is 0 Å². The van der Waals surface area contributed by atoms with Crippen LogP contribution in [0.2, 0.25) is 0 Å². The first-order chi connectivity index (χ1) is 7.20. The summed E-state index contributed by atoms with van der Waals surface area (Å²) in [5.74, 6) is 0.439. The first-order valence-electron chi connectivity index (χ1n) is 4.65. The number of amides is 1. The highest BCUT2D eigenvalue weighted by Crippen LogP contribution is 2.33. The largest absolute Gasteiger partial charge is 0.387 e. The van der Waals surface area contributed by atoms with Gasteiger partial charge in [0.1, 0.15) is 0 Å². The molecule has 0 radical (unpaired) electrons. The Morgan fingerprint density at radius 1 is 1.60 bits per heavy atom. The molecule has 5 heteroatoms. The van der Waals surface area contributed by atoms with Crippen LogP contribution in [0.15, 0.2) is 23.1 Å². The third-order valence-electron chi connectivity index (χ3n) is 2.25. The van der Waals surface area contributed by atoms with Crippen LogP contribution in [-0.4, -0.2) is 23.3 Å². The standard InChI is InChI=1S/C10H12N2O2S/c11-4-8(13)6-1-2-7-9(3-6)15-5-10(14)12-7/h1-3,8,13H,4-5,11H2,(H,12,14). The number of hydrogen-bond acceptors (Lipinski definition) is 4. The molecule has 1 heterocycles. The number of hydrogen-bond donors (Lipinski definition) is 3. The van der Waals surface area contributed by atoms with Crippen molar-refractivity contribution in [3.63, 3.8) is 0 Å². The summed E-state index contributed by atoms with van der Waals surface area (Å²) in [5, 5.41) is 12.3. The van der Waals surface area contributed by atoms with Crippen molar-refractivity contribution in [2.24, 2.45) is 5.73 Å². The van der Waals surface area contributed by atoms with Crippen molar-refractivity contribution in [2.45, 2.75) is 11.0 Å². The van der Waals surface area contributed by atoms with Gasteiger partial charge in [-0.05, 0) is 17.7 Å². The van der Waals surface area contributed by atoms with Crippen LogP contribution in [0.25, 0.3) is 0 Å². The fourth-order valence-corrected chi connectivity index (χ4v) is 2.29. The topological polar surface area (TPSA) is 75.3 Å². The third-order valence-corrected chi connectivity index (χ3v) is 3.30. The Morgan fingerprint density at radius 2 is 2.40 bits per heavy atom. The highest BCUT2D eigenvalue weighted by molar-refractivity contribution is 8.00. The van der Waals surface area contributed by atoms with Crippen molar-refractivity contribution in [1.82, 2.24) is 0 Å². The molecule has 0 fully saturated rings. The molecule has 80 valence electrons. The van der Waals surface area contributed by atoms with Gasteiger partial charge in [0, 0.05) is 11.4 Å². The van der Waals surface area contributed by atoms with E-state index in [1.165, 1.54) is 11.8 Å². The quantitative estimate of drug-likeness (QED) is 0.692. The van der Waals surface area contributed by atoms with Crippen molar-refractivity contribution in [3.05, 3.63) is 23.8 Å². The first-order valence-corrected chi connectivity index (χ1v) is 5.64. The van der Waals surface area contributed by atoms with Gasteiger partial charge < -0.3 is 16.2 Å². The lowest BCUT2D eigenvalue weighted by molar-refractivity contribution is -0.113. The third kappa shape index (κ3) is 2.14. The van der Waals surface area contributed by atoms with Gasteiger partial charge in [0.2, 0.25) is 5.91 Å². The first kappa shape index (κ1) is 10.5. The summed E-state index contributed by atoms with van der Waals surface area (Å²) >= 11 is 1.47. The number of thioether (sulfide) groups is 1. The molecule has 1 atom stereocenters. The highest BCUT2D eigenvalue weighted by atomic mass is 32.2. The van der Waals surface area contributed by atoms with E-state index in [4.69, 9.17) is 5.73 Å². The van der Waals surface area contributed by atoms with Gasteiger partial charge in [-0.2, -0.15) is 0 Å². The maximum Gasteiger partial charge on any atom is 0.234 e.